The zero-order chi connectivity index (χ0) is 9.68. The molecule has 0 aromatic heterocycles. The molecule has 0 aliphatic rings. The number of nitro benzene ring substituents is 1. The third-order valence-electron chi connectivity index (χ3n) is 1.54. The van der Waals surface area contributed by atoms with Crippen LogP contribution in [0.2, 0.25) is 0 Å². The highest BCUT2D eigenvalue weighted by atomic mass is 32.1. The summed E-state index contributed by atoms with van der Waals surface area (Å²) in [5.74, 6) is 0.575. The van der Waals surface area contributed by atoms with Gasteiger partial charge in [-0.3, -0.25) is 10.1 Å². The molecule has 0 saturated heterocycles. The zero-order valence-corrected chi connectivity index (χ0v) is 7.78. The van der Waals surface area contributed by atoms with Crippen molar-refractivity contribution in [2.45, 2.75) is 0 Å². The number of benzene rings is 1. The molecule has 0 N–H and O–H groups in total. The fourth-order valence-corrected chi connectivity index (χ4v) is 1.08. The van der Waals surface area contributed by atoms with E-state index in [4.69, 9.17) is 0 Å². The summed E-state index contributed by atoms with van der Waals surface area (Å²) in [6.45, 7) is 0. The first-order valence-electron chi connectivity index (χ1n) is 3.76. The van der Waals surface area contributed by atoms with Crippen molar-refractivity contribution >= 4 is 24.4 Å². The van der Waals surface area contributed by atoms with Crippen molar-refractivity contribution in [3.8, 4) is 0 Å². The summed E-state index contributed by atoms with van der Waals surface area (Å²) >= 11 is 3.98. The second-order valence-corrected chi connectivity index (χ2v) is 2.77. The number of nitrogens with zero attached hydrogens (tertiary/aromatic N) is 1. The maximum absolute atomic E-state index is 10.5. The lowest BCUT2D eigenvalue weighted by atomic mass is 10.2. The van der Waals surface area contributed by atoms with Crippen LogP contribution in [0, 0.1) is 10.1 Å². The van der Waals surface area contributed by atoms with Crippen molar-refractivity contribution < 1.29 is 4.92 Å². The Bertz CT molecular complexity index is 336. The first-order chi connectivity index (χ1) is 6.25. The first-order valence-corrected chi connectivity index (χ1v) is 4.40. The van der Waals surface area contributed by atoms with Crippen LogP contribution in [0.15, 0.2) is 30.3 Å². The highest BCUT2D eigenvalue weighted by Crippen LogP contribution is 2.18. The SMILES string of the molecule is O=[N+]([O-])c1ccccc1C=CCS. The fraction of sp³-hybridized carbons (Fsp3) is 0.111. The van der Waals surface area contributed by atoms with Gasteiger partial charge in [0.05, 0.1) is 10.5 Å². The lowest BCUT2D eigenvalue weighted by Crippen LogP contribution is -1.90. The molecule has 68 valence electrons. The predicted molar refractivity (Wildman–Crippen MR) is 56.0 cm³/mol. The van der Waals surface area contributed by atoms with E-state index in [-0.39, 0.29) is 5.69 Å². The average Bonchev–Trinajstić information content (AvgIpc) is 2.15. The third kappa shape index (κ3) is 2.59. The molecule has 0 spiro atoms. The standard InChI is InChI=1S/C9H9NO2S/c11-10(12)9-6-2-1-4-8(9)5-3-7-13/h1-6,13H,7H2. The summed E-state index contributed by atoms with van der Waals surface area (Å²) in [7, 11) is 0. The maximum Gasteiger partial charge on any atom is 0.276 e. The molecule has 4 heteroatoms. The molecule has 0 bridgehead atoms. The van der Waals surface area contributed by atoms with Gasteiger partial charge in [0.2, 0.25) is 0 Å². The van der Waals surface area contributed by atoms with E-state index in [0.29, 0.717) is 11.3 Å². The molecule has 0 saturated carbocycles. The van der Waals surface area contributed by atoms with Crippen LogP contribution >= 0.6 is 12.6 Å². The van der Waals surface area contributed by atoms with Gasteiger partial charge in [-0.1, -0.05) is 24.3 Å². The normalized spacial score (nSPS) is 10.5. The molecule has 0 fully saturated rings. The van der Waals surface area contributed by atoms with Gasteiger partial charge >= 0.3 is 0 Å². The minimum Gasteiger partial charge on any atom is -0.258 e. The van der Waals surface area contributed by atoms with Crippen molar-refractivity contribution in [2.75, 3.05) is 5.75 Å². The van der Waals surface area contributed by atoms with Crippen molar-refractivity contribution in [2.24, 2.45) is 0 Å². The Morgan fingerprint density at radius 3 is 2.77 bits per heavy atom. The molecule has 0 aliphatic carbocycles. The molecule has 13 heavy (non-hydrogen) atoms. The van der Waals surface area contributed by atoms with Gasteiger partial charge in [0.1, 0.15) is 0 Å². The minimum atomic E-state index is -0.391. The van der Waals surface area contributed by atoms with Gasteiger partial charge < -0.3 is 0 Å². The number of nitro groups is 1. The molecule has 0 atom stereocenters. The predicted octanol–water partition coefficient (Wildman–Crippen LogP) is 2.54. The molecule has 1 aromatic carbocycles. The third-order valence-corrected chi connectivity index (χ3v) is 1.75. The molecule has 0 heterocycles. The largest absolute Gasteiger partial charge is 0.276 e. The van der Waals surface area contributed by atoms with Crippen LogP contribution in [0.3, 0.4) is 0 Å². The molecular formula is C9H9NO2S. The second-order valence-electron chi connectivity index (χ2n) is 2.40. The second kappa shape index (κ2) is 4.67. The molecule has 0 amide bonds. The van der Waals surface area contributed by atoms with E-state index in [1.54, 1.807) is 30.4 Å². The smallest absolute Gasteiger partial charge is 0.258 e. The molecule has 0 aliphatic heterocycles. The van der Waals surface area contributed by atoms with Crippen molar-refractivity contribution in [1.29, 1.82) is 0 Å². The lowest BCUT2D eigenvalue weighted by Gasteiger charge is -1.95. The Balaban J connectivity index is 3.05. The van der Waals surface area contributed by atoms with E-state index >= 15 is 0 Å². The van der Waals surface area contributed by atoms with Gasteiger partial charge in [-0.15, -0.1) is 0 Å². The summed E-state index contributed by atoms with van der Waals surface area (Å²) in [5, 5.41) is 10.5. The van der Waals surface area contributed by atoms with Gasteiger partial charge in [0, 0.05) is 11.8 Å². The first kappa shape index (κ1) is 9.80. The Morgan fingerprint density at radius 2 is 2.15 bits per heavy atom. The molecule has 0 radical (unpaired) electrons. The zero-order valence-electron chi connectivity index (χ0n) is 6.88. The van der Waals surface area contributed by atoms with Crippen LogP contribution in [0.25, 0.3) is 6.08 Å². The Hall–Kier alpha value is -1.29. The minimum absolute atomic E-state index is 0.125. The summed E-state index contributed by atoms with van der Waals surface area (Å²) in [6, 6.07) is 6.61. The highest BCUT2D eigenvalue weighted by Gasteiger charge is 2.08. The summed E-state index contributed by atoms with van der Waals surface area (Å²) in [5.41, 5.74) is 0.738. The number of rotatable bonds is 3. The van der Waals surface area contributed by atoms with E-state index in [1.165, 1.54) is 6.07 Å². The quantitative estimate of drug-likeness (QED) is 0.457. The van der Waals surface area contributed by atoms with Gasteiger partial charge in [0.25, 0.3) is 5.69 Å². The Kier molecular flexibility index (Phi) is 3.52. The molecular weight excluding hydrogens is 186 g/mol. The Labute approximate surface area is 81.6 Å². The molecule has 0 unspecified atom stereocenters. The average molecular weight is 195 g/mol. The fourth-order valence-electron chi connectivity index (χ4n) is 0.974. The van der Waals surface area contributed by atoms with Crippen LogP contribution in [0.4, 0.5) is 5.69 Å². The summed E-state index contributed by atoms with van der Waals surface area (Å²) in [6.07, 6.45) is 3.47. The van der Waals surface area contributed by atoms with Gasteiger partial charge in [-0.25, -0.2) is 0 Å². The lowest BCUT2D eigenvalue weighted by molar-refractivity contribution is -0.385. The van der Waals surface area contributed by atoms with E-state index in [0.717, 1.165) is 0 Å². The van der Waals surface area contributed by atoms with Crippen molar-refractivity contribution in [3.05, 3.63) is 46.0 Å². The van der Waals surface area contributed by atoms with Gasteiger partial charge in [0.15, 0.2) is 0 Å². The maximum atomic E-state index is 10.5. The number of hydrogen-bond acceptors (Lipinski definition) is 3. The van der Waals surface area contributed by atoms with Crippen molar-refractivity contribution in [1.82, 2.24) is 0 Å². The van der Waals surface area contributed by atoms with E-state index in [2.05, 4.69) is 12.6 Å². The number of hydrogen-bond donors (Lipinski definition) is 1. The van der Waals surface area contributed by atoms with Crippen LogP contribution in [0.5, 0.6) is 0 Å². The molecule has 3 nitrogen and oxygen atoms in total. The van der Waals surface area contributed by atoms with Crippen LogP contribution in [-0.4, -0.2) is 10.7 Å². The van der Waals surface area contributed by atoms with Crippen LogP contribution < -0.4 is 0 Å². The van der Waals surface area contributed by atoms with E-state index < -0.39 is 4.92 Å². The topological polar surface area (TPSA) is 43.1 Å². The Morgan fingerprint density at radius 1 is 1.46 bits per heavy atom. The van der Waals surface area contributed by atoms with Gasteiger partial charge in [-0.05, 0) is 6.07 Å². The molecule has 1 aromatic rings. The highest BCUT2D eigenvalue weighted by molar-refractivity contribution is 7.80. The van der Waals surface area contributed by atoms with Crippen LogP contribution in [-0.2, 0) is 0 Å². The van der Waals surface area contributed by atoms with E-state index in [1.807, 2.05) is 0 Å². The molecule has 1 rings (SSSR count). The van der Waals surface area contributed by atoms with Gasteiger partial charge in [-0.2, -0.15) is 12.6 Å². The summed E-state index contributed by atoms with van der Waals surface area (Å²) in [4.78, 5) is 10.1. The van der Waals surface area contributed by atoms with E-state index in [9.17, 15) is 10.1 Å². The van der Waals surface area contributed by atoms with Crippen molar-refractivity contribution in [3.63, 3.8) is 0 Å². The van der Waals surface area contributed by atoms with Crippen LogP contribution in [0.1, 0.15) is 5.56 Å². The monoisotopic (exact) mass is 195 g/mol. The summed E-state index contributed by atoms with van der Waals surface area (Å²) < 4.78 is 0. The number of thiol groups is 1. The number of para-hydroxylation sites is 1.